The summed E-state index contributed by atoms with van der Waals surface area (Å²) in [7, 11) is 5.47. The molecule has 0 aliphatic carbocycles. The van der Waals surface area contributed by atoms with E-state index in [0.717, 1.165) is 37.6 Å². The molecule has 0 spiro atoms. The Hall–Kier alpha value is -2.49. The fourth-order valence-corrected chi connectivity index (χ4v) is 4.38. The number of methoxy groups -OCH3 is 2. The first kappa shape index (κ1) is 19.8. The maximum atomic E-state index is 5.56. The number of ether oxygens (including phenoxy) is 2. The monoisotopic (exact) mass is 414 g/mol. The maximum Gasteiger partial charge on any atom is 0.173 e. The third kappa shape index (κ3) is 4.26. The third-order valence-corrected chi connectivity index (χ3v) is 6.18. The van der Waals surface area contributed by atoms with Crippen LogP contribution in [-0.4, -0.2) is 77.5 Å². The molecular weight excluding hydrogens is 388 g/mol. The van der Waals surface area contributed by atoms with E-state index in [4.69, 9.17) is 9.47 Å². The number of thiophene rings is 1. The molecule has 154 valence electrons. The van der Waals surface area contributed by atoms with Gasteiger partial charge >= 0.3 is 0 Å². The predicted molar refractivity (Wildman–Crippen MR) is 112 cm³/mol. The Morgan fingerprint density at radius 2 is 1.86 bits per heavy atom. The summed E-state index contributed by atoms with van der Waals surface area (Å²) in [6, 6.07) is 10.2. The van der Waals surface area contributed by atoms with Crippen molar-refractivity contribution in [2.75, 3.05) is 47.4 Å². The molecule has 1 aliphatic rings. The Kier molecular flexibility index (Phi) is 6.08. The summed E-state index contributed by atoms with van der Waals surface area (Å²) in [5.41, 5.74) is 1.09. The normalized spacial score (nSPS) is 16.7. The van der Waals surface area contributed by atoms with Gasteiger partial charge in [-0.1, -0.05) is 12.1 Å². The lowest BCUT2D eigenvalue weighted by Crippen LogP contribution is -2.46. The number of tetrazole rings is 1. The van der Waals surface area contributed by atoms with Crippen molar-refractivity contribution in [1.82, 2.24) is 30.0 Å². The molecule has 1 aliphatic heterocycles. The van der Waals surface area contributed by atoms with Crippen LogP contribution >= 0.6 is 11.3 Å². The lowest BCUT2D eigenvalue weighted by atomic mass is 10.0. The van der Waals surface area contributed by atoms with Gasteiger partial charge in [0, 0.05) is 31.1 Å². The van der Waals surface area contributed by atoms with Gasteiger partial charge in [0.15, 0.2) is 17.3 Å². The fraction of sp³-hybridized carbons (Fsp3) is 0.450. The van der Waals surface area contributed by atoms with E-state index >= 15 is 0 Å². The molecule has 0 amide bonds. The molecule has 4 rings (SSSR count). The largest absolute Gasteiger partial charge is 0.493 e. The zero-order chi connectivity index (χ0) is 20.2. The number of likely N-dealkylation sites (N-methyl/N-ethyl adjacent to an activating group) is 1. The van der Waals surface area contributed by atoms with E-state index in [-0.39, 0.29) is 6.04 Å². The van der Waals surface area contributed by atoms with Crippen molar-refractivity contribution in [2.45, 2.75) is 12.6 Å². The minimum Gasteiger partial charge on any atom is -0.493 e. The second-order valence-corrected chi connectivity index (χ2v) is 8.16. The summed E-state index contributed by atoms with van der Waals surface area (Å²) < 4.78 is 12.9. The van der Waals surface area contributed by atoms with Gasteiger partial charge in [-0.25, -0.2) is 4.68 Å². The molecule has 2 aromatic heterocycles. The molecule has 9 heteroatoms. The number of benzene rings is 1. The van der Waals surface area contributed by atoms with Gasteiger partial charge in [0.05, 0.1) is 26.8 Å². The summed E-state index contributed by atoms with van der Waals surface area (Å²) >= 11 is 1.71. The number of hydrogen-bond donors (Lipinski definition) is 0. The Morgan fingerprint density at radius 1 is 1.07 bits per heavy atom. The van der Waals surface area contributed by atoms with Gasteiger partial charge in [-0.3, -0.25) is 4.90 Å². The first-order valence-electron chi connectivity index (χ1n) is 9.62. The topological polar surface area (TPSA) is 68.5 Å². The van der Waals surface area contributed by atoms with Crippen LogP contribution in [0.15, 0.2) is 35.7 Å². The number of rotatable bonds is 7. The van der Waals surface area contributed by atoms with Crippen LogP contribution < -0.4 is 9.47 Å². The number of nitrogens with zero attached hydrogens (tertiary/aromatic N) is 6. The molecule has 0 saturated carbocycles. The van der Waals surface area contributed by atoms with Crippen molar-refractivity contribution in [3.8, 4) is 11.5 Å². The van der Waals surface area contributed by atoms with Crippen LogP contribution in [0.3, 0.4) is 0 Å². The molecular formula is C20H26N6O2S. The zero-order valence-corrected chi connectivity index (χ0v) is 17.8. The molecule has 3 aromatic rings. The Labute approximate surface area is 174 Å². The molecule has 3 heterocycles. The first-order valence-corrected chi connectivity index (χ1v) is 10.5. The van der Waals surface area contributed by atoms with E-state index in [2.05, 4.69) is 56.0 Å². The van der Waals surface area contributed by atoms with Crippen molar-refractivity contribution in [2.24, 2.45) is 0 Å². The molecule has 0 radical (unpaired) electrons. The van der Waals surface area contributed by atoms with Gasteiger partial charge in [0.1, 0.15) is 0 Å². The molecule has 0 unspecified atom stereocenters. The molecule has 29 heavy (non-hydrogen) atoms. The second kappa shape index (κ2) is 8.89. The number of hydrogen-bond acceptors (Lipinski definition) is 8. The summed E-state index contributed by atoms with van der Waals surface area (Å²) in [6.45, 7) is 4.58. The van der Waals surface area contributed by atoms with Crippen LogP contribution in [0, 0.1) is 0 Å². The third-order valence-electron chi connectivity index (χ3n) is 5.32. The van der Waals surface area contributed by atoms with Crippen LogP contribution in [0.1, 0.15) is 22.3 Å². The fourth-order valence-electron chi connectivity index (χ4n) is 3.70. The van der Waals surface area contributed by atoms with Crippen molar-refractivity contribution in [1.29, 1.82) is 0 Å². The van der Waals surface area contributed by atoms with Crippen molar-refractivity contribution in [3.05, 3.63) is 52.0 Å². The van der Waals surface area contributed by atoms with Gasteiger partial charge < -0.3 is 14.4 Å². The highest BCUT2D eigenvalue weighted by Crippen LogP contribution is 2.35. The predicted octanol–water partition coefficient (Wildman–Crippen LogP) is 2.14. The maximum absolute atomic E-state index is 5.56. The lowest BCUT2D eigenvalue weighted by molar-refractivity contribution is 0.121. The molecule has 0 bridgehead atoms. The number of piperazine rings is 1. The van der Waals surface area contributed by atoms with E-state index in [0.29, 0.717) is 18.0 Å². The standard InChI is InChI=1S/C20H26N6O2S/c1-24-8-10-25(11-9-24)19(15-6-7-17(27-2)18(13-15)28-3)20-21-22-23-26(20)14-16-5-4-12-29-16/h4-7,12-13,19H,8-11,14H2,1-3H3/t19-/m0/s1. The van der Waals surface area contributed by atoms with Crippen molar-refractivity contribution >= 4 is 11.3 Å². The van der Waals surface area contributed by atoms with E-state index in [1.54, 1.807) is 25.6 Å². The van der Waals surface area contributed by atoms with Crippen LogP contribution in [0.5, 0.6) is 11.5 Å². The highest BCUT2D eigenvalue weighted by atomic mass is 32.1. The van der Waals surface area contributed by atoms with Gasteiger partial charge in [0.25, 0.3) is 0 Å². The second-order valence-electron chi connectivity index (χ2n) is 7.13. The molecule has 1 atom stereocenters. The van der Waals surface area contributed by atoms with Gasteiger partial charge in [-0.05, 0) is 46.6 Å². The van der Waals surface area contributed by atoms with Crippen LogP contribution in [0.25, 0.3) is 0 Å². The minimum absolute atomic E-state index is 0.0570. The highest BCUT2D eigenvalue weighted by molar-refractivity contribution is 7.09. The van der Waals surface area contributed by atoms with E-state index in [9.17, 15) is 0 Å². The average Bonchev–Trinajstić information content (AvgIpc) is 3.42. The van der Waals surface area contributed by atoms with E-state index < -0.39 is 0 Å². The van der Waals surface area contributed by atoms with Crippen molar-refractivity contribution in [3.63, 3.8) is 0 Å². The zero-order valence-electron chi connectivity index (χ0n) is 17.0. The molecule has 0 N–H and O–H groups in total. The van der Waals surface area contributed by atoms with Gasteiger partial charge in [-0.15, -0.1) is 16.4 Å². The summed E-state index contributed by atoms with van der Waals surface area (Å²) in [5, 5.41) is 14.8. The SMILES string of the molecule is COc1ccc([C@@H](c2nnnn2Cc2cccs2)N2CCN(C)CC2)cc1OC. The number of aromatic nitrogens is 4. The van der Waals surface area contributed by atoms with Crippen molar-refractivity contribution < 1.29 is 9.47 Å². The summed E-state index contributed by atoms with van der Waals surface area (Å²) in [5.74, 6) is 2.27. The molecule has 1 aromatic carbocycles. The van der Waals surface area contributed by atoms with Gasteiger partial charge in [0.2, 0.25) is 0 Å². The highest BCUT2D eigenvalue weighted by Gasteiger charge is 2.30. The average molecular weight is 415 g/mol. The lowest BCUT2D eigenvalue weighted by Gasteiger charge is -2.37. The van der Waals surface area contributed by atoms with E-state index in [1.807, 2.05) is 16.8 Å². The smallest absolute Gasteiger partial charge is 0.173 e. The molecule has 1 fully saturated rings. The van der Waals surface area contributed by atoms with Crippen LogP contribution in [-0.2, 0) is 6.54 Å². The Balaban J connectivity index is 1.73. The Bertz CT molecular complexity index is 921. The van der Waals surface area contributed by atoms with E-state index in [1.165, 1.54) is 4.88 Å². The Morgan fingerprint density at radius 3 is 2.55 bits per heavy atom. The molecule has 8 nitrogen and oxygen atoms in total. The quantitative estimate of drug-likeness (QED) is 0.587. The van der Waals surface area contributed by atoms with Crippen LogP contribution in [0.2, 0.25) is 0 Å². The summed E-state index contributed by atoms with van der Waals surface area (Å²) in [4.78, 5) is 6.01. The van der Waals surface area contributed by atoms with Crippen LogP contribution in [0.4, 0.5) is 0 Å². The molecule has 1 saturated heterocycles. The first-order chi connectivity index (χ1) is 14.2. The van der Waals surface area contributed by atoms with Gasteiger partial charge in [-0.2, -0.15) is 0 Å². The minimum atomic E-state index is -0.0570. The summed E-state index contributed by atoms with van der Waals surface area (Å²) in [6.07, 6.45) is 0.